The summed E-state index contributed by atoms with van der Waals surface area (Å²) in [7, 11) is 3.63. The van der Waals surface area contributed by atoms with Crippen molar-refractivity contribution in [3.05, 3.63) is 58.7 Å². The summed E-state index contributed by atoms with van der Waals surface area (Å²) in [5.41, 5.74) is 4.80. The fourth-order valence-corrected chi connectivity index (χ4v) is 7.15. The van der Waals surface area contributed by atoms with Crippen LogP contribution in [0.1, 0.15) is 31.2 Å². The Bertz CT molecular complexity index is 1260. The monoisotopic (exact) mass is 513 g/mol. The van der Waals surface area contributed by atoms with Crippen molar-refractivity contribution >= 4 is 17.5 Å². The molecule has 11 heteroatoms. The lowest BCUT2D eigenvalue weighted by Crippen LogP contribution is -2.68. The van der Waals surface area contributed by atoms with Crippen LogP contribution in [-0.2, 0) is 11.3 Å². The number of hydrogen-bond donors (Lipinski definition) is 2. The molecule has 1 aromatic carbocycles. The van der Waals surface area contributed by atoms with Crippen LogP contribution in [0.15, 0.2) is 42.1 Å². The maximum absolute atomic E-state index is 13.7. The van der Waals surface area contributed by atoms with Crippen molar-refractivity contribution in [2.45, 2.75) is 38.0 Å². The number of aryl methyl sites for hydroxylation is 1. The van der Waals surface area contributed by atoms with Crippen LogP contribution in [0.25, 0.3) is 0 Å². The van der Waals surface area contributed by atoms with Crippen molar-refractivity contribution in [1.82, 2.24) is 30.1 Å². The molecule has 1 unspecified atom stereocenters. The number of anilines is 1. The van der Waals surface area contributed by atoms with Crippen LogP contribution in [-0.4, -0.2) is 58.0 Å². The van der Waals surface area contributed by atoms with Gasteiger partial charge < -0.3 is 25.1 Å². The smallest absolute Gasteiger partial charge is 0.242 e. The summed E-state index contributed by atoms with van der Waals surface area (Å²) >= 11 is 5.99. The average molecular weight is 514 g/mol. The number of nitrogens with zero attached hydrogens (tertiary/aromatic N) is 5. The van der Waals surface area contributed by atoms with Gasteiger partial charge in [-0.2, -0.15) is 4.98 Å². The first kappa shape index (κ1) is 22.1. The lowest BCUT2D eigenvalue weighted by atomic mass is 9.41. The van der Waals surface area contributed by atoms with Gasteiger partial charge in [0.25, 0.3) is 0 Å². The number of allylic oxidation sites excluding steroid dienone is 1. The van der Waals surface area contributed by atoms with Gasteiger partial charge in [-0.25, -0.2) is 9.07 Å². The molecular formula is C25H29ClFN7O2. The topological polar surface area (TPSA) is 79.7 Å². The van der Waals surface area contributed by atoms with Crippen LogP contribution >= 0.6 is 11.6 Å². The number of methoxy groups -OCH3 is 1. The minimum absolute atomic E-state index is 0.275. The Morgan fingerprint density at radius 1 is 1.25 bits per heavy atom. The Labute approximate surface area is 213 Å². The number of nitrogens with one attached hydrogen (secondary N) is 2. The van der Waals surface area contributed by atoms with Gasteiger partial charge in [-0.3, -0.25) is 5.01 Å². The van der Waals surface area contributed by atoms with Crippen molar-refractivity contribution in [3.8, 4) is 5.75 Å². The van der Waals surface area contributed by atoms with E-state index in [0.717, 1.165) is 43.5 Å². The highest BCUT2D eigenvalue weighted by Crippen LogP contribution is 2.68. The molecule has 2 saturated carbocycles. The van der Waals surface area contributed by atoms with Crippen LogP contribution < -0.4 is 15.5 Å². The standard InChI is InChI=1S/C25H29ClFN7O2/c1-32-21(35-2)10-16(11-28-32)33-12-19-22(18-3-5-25(18,19)13-33)29-24-30-23-20(4-6-34(23)31-24)36-17-8-14(26)7-15(27)9-17/h7-11,18-20,22,28H,3-6,12-13H2,1-2H3,(H,29,31)/t18-,19-,20-,22+,25?/m0/s1. The number of halogens is 2. The first-order valence-corrected chi connectivity index (χ1v) is 12.9. The molecule has 2 aromatic rings. The van der Waals surface area contributed by atoms with E-state index in [0.29, 0.717) is 40.0 Å². The third-order valence-electron chi connectivity index (χ3n) is 8.75. The average Bonchev–Trinajstić information content (AvgIpc) is 3.51. The first-order chi connectivity index (χ1) is 17.4. The fourth-order valence-electron chi connectivity index (χ4n) is 6.94. The molecule has 190 valence electrons. The number of rotatable bonds is 6. The van der Waals surface area contributed by atoms with Crippen LogP contribution in [0, 0.1) is 23.1 Å². The van der Waals surface area contributed by atoms with Gasteiger partial charge in [0.05, 0.1) is 12.8 Å². The Kier molecular flexibility index (Phi) is 4.86. The third-order valence-corrected chi connectivity index (χ3v) is 8.97. The van der Waals surface area contributed by atoms with E-state index in [9.17, 15) is 4.39 Å². The van der Waals surface area contributed by atoms with Gasteiger partial charge in [0.1, 0.15) is 11.6 Å². The summed E-state index contributed by atoms with van der Waals surface area (Å²) < 4.78 is 27.2. The van der Waals surface area contributed by atoms with Crippen LogP contribution in [0.3, 0.4) is 0 Å². The number of ether oxygens (including phenoxy) is 2. The molecule has 36 heavy (non-hydrogen) atoms. The highest BCUT2D eigenvalue weighted by molar-refractivity contribution is 6.30. The quantitative estimate of drug-likeness (QED) is 0.607. The summed E-state index contributed by atoms with van der Waals surface area (Å²) in [5.74, 6) is 3.40. The van der Waals surface area contributed by atoms with Gasteiger partial charge in [0, 0.05) is 68.4 Å². The molecule has 1 aromatic heterocycles. The second-order valence-corrected chi connectivity index (χ2v) is 10.9. The molecule has 2 aliphatic carbocycles. The van der Waals surface area contributed by atoms with E-state index < -0.39 is 5.82 Å². The minimum atomic E-state index is -0.417. The molecule has 5 atom stereocenters. The third kappa shape index (κ3) is 3.26. The Morgan fingerprint density at radius 3 is 2.92 bits per heavy atom. The maximum Gasteiger partial charge on any atom is 0.242 e. The van der Waals surface area contributed by atoms with Crippen LogP contribution in [0.5, 0.6) is 5.75 Å². The Hall–Kier alpha value is -3.14. The Balaban J connectivity index is 1.05. The van der Waals surface area contributed by atoms with Crippen molar-refractivity contribution in [1.29, 1.82) is 0 Å². The van der Waals surface area contributed by atoms with Gasteiger partial charge in [0.15, 0.2) is 11.9 Å². The summed E-state index contributed by atoms with van der Waals surface area (Å²) in [6, 6.07) is 4.60. The highest BCUT2D eigenvalue weighted by Gasteiger charge is 2.70. The van der Waals surface area contributed by atoms with E-state index in [2.05, 4.69) is 21.7 Å². The lowest BCUT2D eigenvalue weighted by Gasteiger charge is -2.65. The van der Waals surface area contributed by atoms with Gasteiger partial charge in [0.2, 0.25) is 11.8 Å². The molecule has 1 saturated heterocycles. The summed E-state index contributed by atoms with van der Waals surface area (Å²) in [5, 5.41) is 10.6. The molecule has 0 bridgehead atoms. The van der Waals surface area contributed by atoms with Crippen LogP contribution in [0.2, 0.25) is 5.02 Å². The number of hydrazine groups is 1. The fraction of sp³-hybridized carbons (Fsp3) is 0.520. The zero-order valence-electron chi connectivity index (χ0n) is 20.2. The molecule has 5 aliphatic rings. The molecule has 7 rings (SSSR count). The normalized spacial score (nSPS) is 31.8. The highest BCUT2D eigenvalue weighted by atomic mass is 35.5. The summed E-state index contributed by atoms with van der Waals surface area (Å²) in [6.07, 6.45) is 7.13. The first-order valence-electron chi connectivity index (χ1n) is 12.5. The summed E-state index contributed by atoms with van der Waals surface area (Å²) in [6.45, 7) is 2.79. The van der Waals surface area contributed by atoms with Gasteiger partial charge in [-0.05, 0) is 36.3 Å². The molecule has 1 spiro atoms. The second-order valence-electron chi connectivity index (χ2n) is 10.5. The molecule has 0 amide bonds. The van der Waals surface area contributed by atoms with Crippen molar-refractivity contribution < 1.29 is 13.9 Å². The SMILES string of the molecule is COC1=CC(N2C[C@H]3[C@H](Nc4nc5n(n4)CC[C@@H]5Oc4cc(F)cc(Cl)c4)[C@@H]4CCC43C2)=CNN1C. The number of hydrogen-bond acceptors (Lipinski definition) is 8. The van der Waals surface area contributed by atoms with E-state index in [4.69, 9.17) is 31.2 Å². The lowest BCUT2D eigenvalue weighted by molar-refractivity contribution is -0.119. The molecule has 2 N–H and O–H groups in total. The zero-order valence-corrected chi connectivity index (χ0v) is 21.0. The van der Waals surface area contributed by atoms with E-state index in [-0.39, 0.29) is 6.10 Å². The minimum Gasteiger partial charge on any atom is -0.482 e. The Morgan fingerprint density at radius 2 is 2.14 bits per heavy atom. The molecule has 9 nitrogen and oxygen atoms in total. The summed E-state index contributed by atoms with van der Waals surface area (Å²) in [4.78, 5) is 7.27. The van der Waals surface area contributed by atoms with E-state index in [1.54, 1.807) is 13.2 Å². The van der Waals surface area contributed by atoms with Gasteiger partial charge >= 0.3 is 0 Å². The number of fused-ring (bicyclic) bond motifs is 1. The number of aromatic nitrogens is 3. The molecule has 3 aliphatic heterocycles. The molecular weight excluding hydrogens is 485 g/mol. The largest absolute Gasteiger partial charge is 0.482 e. The second kappa shape index (κ2) is 7.93. The van der Waals surface area contributed by atoms with Crippen molar-refractivity contribution in [2.24, 2.45) is 17.3 Å². The van der Waals surface area contributed by atoms with E-state index in [1.165, 1.54) is 25.0 Å². The number of likely N-dealkylation sites (tertiary alicyclic amines) is 1. The zero-order chi connectivity index (χ0) is 24.6. The number of benzene rings is 1. The predicted octanol–water partition coefficient (Wildman–Crippen LogP) is 3.50. The molecule has 4 heterocycles. The predicted molar refractivity (Wildman–Crippen MR) is 131 cm³/mol. The van der Waals surface area contributed by atoms with Crippen molar-refractivity contribution in [2.75, 3.05) is 32.6 Å². The molecule has 3 fully saturated rings. The maximum atomic E-state index is 13.7. The van der Waals surface area contributed by atoms with E-state index in [1.807, 2.05) is 22.9 Å². The van der Waals surface area contributed by atoms with E-state index >= 15 is 0 Å². The van der Waals surface area contributed by atoms with Crippen LogP contribution in [0.4, 0.5) is 10.3 Å². The molecule has 0 radical (unpaired) electrons. The van der Waals surface area contributed by atoms with Gasteiger partial charge in [-0.15, -0.1) is 5.10 Å². The van der Waals surface area contributed by atoms with Gasteiger partial charge in [-0.1, -0.05) is 11.6 Å². The van der Waals surface area contributed by atoms with Crippen molar-refractivity contribution in [3.63, 3.8) is 0 Å².